The summed E-state index contributed by atoms with van der Waals surface area (Å²) >= 11 is 0. The maximum atomic E-state index is 13.6. The molecule has 0 radical (unpaired) electrons. The van der Waals surface area contributed by atoms with Gasteiger partial charge in [-0.2, -0.15) is 0 Å². The lowest BCUT2D eigenvalue weighted by molar-refractivity contribution is 0.590. The zero-order valence-corrected chi connectivity index (χ0v) is 14.0. The Hall–Kier alpha value is -3.00. The molecule has 8 heteroatoms. The van der Waals surface area contributed by atoms with Crippen LogP contribution in [0.25, 0.3) is 0 Å². The molecule has 0 amide bonds. The Kier molecular flexibility index (Phi) is 4.85. The van der Waals surface area contributed by atoms with Crippen molar-refractivity contribution in [2.45, 2.75) is 4.90 Å². The number of benzene rings is 3. The van der Waals surface area contributed by atoms with E-state index in [4.69, 9.17) is 0 Å². The number of para-hydroxylation sites is 1. The van der Waals surface area contributed by atoms with Crippen molar-refractivity contribution >= 4 is 27.1 Å². The Morgan fingerprint density at radius 1 is 0.692 bits per heavy atom. The van der Waals surface area contributed by atoms with E-state index in [1.54, 1.807) is 0 Å². The first kappa shape index (κ1) is 17.8. The highest BCUT2D eigenvalue weighted by atomic mass is 32.2. The zero-order valence-electron chi connectivity index (χ0n) is 13.2. The summed E-state index contributed by atoms with van der Waals surface area (Å²) in [6.07, 6.45) is 0. The minimum atomic E-state index is -3.87. The van der Waals surface area contributed by atoms with Gasteiger partial charge in [0.2, 0.25) is 0 Å². The number of hydrogen-bond acceptors (Lipinski definition) is 3. The van der Waals surface area contributed by atoms with Crippen LogP contribution in [0.5, 0.6) is 0 Å². The molecule has 0 saturated carbocycles. The topological polar surface area (TPSA) is 58.2 Å². The Balaban J connectivity index is 1.76. The summed E-state index contributed by atoms with van der Waals surface area (Å²) in [6, 6.07) is 13.7. The molecule has 0 bridgehead atoms. The summed E-state index contributed by atoms with van der Waals surface area (Å²) in [5, 5.41) is 2.60. The van der Waals surface area contributed by atoms with Crippen LogP contribution in [0.1, 0.15) is 0 Å². The summed E-state index contributed by atoms with van der Waals surface area (Å²) in [5.41, 5.74) is 0.319. The maximum absolute atomic E-state index is 13.6. The lowest BCUT2D eigenvalue weighted by atomic mass is 10.2. The van der Waals surface area contributed by atoms with Gasteiger partial charge >= 0.3 is 0 Å². The van der Waals surface area contributed by atoms with Crippen molar-refractivity contribution in [1.82, 2.24) is 0 Å². The van der Waals surface area contributed by atoms with Crippen LogP contribution in [0.3, 0.4) is 0 Å². The molecule has 3 aromatic rings. The second kappa shape index (κ2) is 7.09. The fraction of sp³-hybridized carbons (Fsp3) is 0. The zero-order chi connectivity index (χ0) is 18.7. The van der Waals surface area contributed by atoms with Gasteiger partial charge in [-0.3, -0.25) is 4.72 Å². The SMILES string of the molecule is O=S(=O)(Nc1ccc(Nc2c(F)cccc2F)cc1)c1ccc(F)cc1. The van der Waals surface area contributed by atoms with E-state index in [0.29, 0.717) is 5.69 Å². The van der Waals surface area contributed by atoms with E-state index in [9.17, 15) is 21.6 Å². The van der Waals surface area contributed by atoms with Gasteiger partial charge in [-0.25, -0.2) is 21.6 Å². The van der Waals surface area contributed by atoms with Crippen molar-refractivity contribution in [3.05, 3.63) is 84.2 Å². The number of rotatable bonds is 5. The lowest BCUT2D eigenvalue weighted by Gasteiger charge is -2.11. The molecular formula is C18H13F3N2O2S. The molecule has 3 rings (SSSR count). The fourth-order valence-corrected chi connectivity index (χ4v) is 3.27. The van der Waals surface area contributed by atoms with E-state index >= 15 is 0 Å². The van der Waals surface area contributed by atoms with Crippen molar-refractivity contribution in [2.24, 2.45) is 0 Å². The molecule has 0 atom stereocenters. The van der Waals surface area contributed by atoms with Crippen LogP contribution in [0.15, 0.2) is 71.6 Å². The third kappa shape index (κ3) is 3.97. The molecule has 0 heterocycles. The van der Waals surface area contributed by atoms with Gasteiger partial charge in [-0.15, -0.1) is 0 Å². The normalized spacial score (nSPS) is 11.2. The molecule has 26 heavy (non-hydrogen) atoms. The average Bonchev–Trinajstić information content (AvgIpc) is 2.60. The van der Waals surface area contributed by atoms with E-state index in [2.05, 4.69) is 10.0 Å². The van der Waals surface area contributed by atoms with Crippen molar-refractivity contribution in [1.29, 1.82) is 0 Å². The molecule has 2 N–H and O–H groups in total. The number of hydrogen-bond donors (Lipinski definition) is 2. The summed E-state index contributed by atoms with van der Waals surface area (Å²) in [6.45, 7) is 0. The van der Waals surface area contributed by atoms with Gasteiger partial charge in [0.1, 0.15) is 23.1 Å². The van der Waals surface area contributed by atoms with Gasteiger partial charge in [-0.05, 0) is 60.7 Å². The highest BCUT2D eigenvalue weighted by molar-refractivity contribution is 7.92. The summed E-state index contributed by atoms with van der Waals surface area (Å²) in [7, 11) is -3.87. The van der Waals surface area contributed by atoms with Crippen LogP contribution in [0, 0.1) is 17.5 Å². The third-order valence-corrected chi connectivity index (χ3v) is 4.89. The largest absolute Gasteiger partial charge is 0.351 e. The van der Waals surface area contributed by atoms with E-state index in [0.717, 1.165) is 36.4 Å². The predicted molar refractivity (Wildman–Crippen MR) is 93.3 cm³/mol. The van der Waals surface area contributed by atoms with Gasteiger partial charge in [0.15, 0.2) is 0 Å². The maximum Gasteiger partial charge on any atom is 0.261 e. The molecule has 0 unspecified atom stereocenters. The van der Waals surface area contributed by atoms with Crippen LogP contribution in [-0.2, 0) is 10.0 Å². The number of nitrogens with one attached hydrogen (secondary N) is 2. The van der Waals surface area contributed by atoms with Crippen LogP contribution >= 0.6 is 0 Å². The van der Waals surface area contributed by atoms with Crippen molar-refractivity contribution in [3.63, 3.8) is 0 Å². The van der Waals surface area contributed by atoms with E-state index in [-0.39, 0.29) is 16.3 Å². The average molecular weight is 378 g/mol. The van der Waals surface area contributed by atoms with Gasteiger partial charge < -0.3 is 5.32 Å². The Labute approximate surface area is 148 Å². The molecule has 0 saturated heterocycles. The van der Waals surface area contributed by atoms with Crippen LogP contribution in [0.4, 0.5) is 30.2 Å². The minimum Gasteiger partial charge on any atom is -0.351 e. The van der Waals surface area contributed by atoms with Crippen molar-refractivity contribution in [3.8, 4) is 0 Å². The molecule has 4 nitrogen and oxygen atoms in total. The summed E-state index contributed by atoms with van der Waals surface area (Å²) < 4.78 is 67.0. The first-order chi connectivity index (χ1) is 12.3. The number of anilines is 3. The summed E-state index contributed by atoms with van der Waals surface area (Å²) in [4.78, 5) is -0.0884. The quantitative estimate of drug-likeness (QED) is 0.680. The smallest absolute Gasteiger partial charge is 0.261 e. The molecule has 0 fully saturated rings. The molecule has 0 spiro atoms. The van der Waals surface area contributed by atoms with Gasteiger partial charge in [-0.1, -0.05) is 6.07 Å². The number of halogens is 3. The van der Waals surface area contributed by atoms with Crippen LogP contribution in [0.2, 0.25) is 0 Å². The second-order valence-corrected chi connectivity index (χ2v) is 7.04. The van der Waals surface area contributed by atoms with Crippen LogP contribution < -0.4 is 10.0 Å². The predicted octanol–water partition coefficient (Wildman–Crippen LogP) is 4.65. The first-order valence-corrected chi connectivity index (χ1v) is 8.93. The van der Waals surface area contributed by atoms with Crippen molar-refractivity contribution < 1.29 is 21.6 Å². The standard InChI is InChI=1S/C18H13F3N2O2S/c19-12-4-10-15(11-5-12)26(24,25)23-14-8-6-13(7-9-14)22-18-16(20)2-1-3-17(18)21/h1-11,22-23H. The Morgan fingerprint density at radius 2 is 1.23 bits per heavy atom. The molecular weight excluding hydrogens is 365 g/mol. The molecule has 0 aliphatic carbocycles. The Morgan fingerprint density at radius 3 is 1.81 bits per heavy atom. The van der Waals surface area contributed by atoms with Gasteiger partial charge in [0, 0.05) is 11.4 Å². The fourth-order valence-electron chi connectivity index (χ4n) is 2.21. The van der Waals surface area contributed by atoms with Crippen LogP contribution in [-0.4, -0.2) is 8.42 Å². The summed E-state index contributed by atoms with van der Waals surface area (Å²) in [5.74, 6) is -2.03. The molecule has 134 valence electrons. The van der Waals surface area contributed by atoms with Gasteiger partial charge in [0.05, 0.1) is 4.90 Å². The van der Waals surface area contributed by atoms with Gasteiger partial charge in [0.25, 0.3) is 10.0 Å². The van der Waals surface area contributed by atoms with Crippen molar-refractivity contribution in [2.75, 3.05) is 10.0 Å². The third-order valence-electron chi connectivity index (χ3n) is 3.49. The monoisotopic (exact) mass is 378 g/mol. The van der Waals surface area contributed by atoms with E-state index in [1.165, 1.54) is 30.3 Å². The molecule has 0 aromatic heterocycles. The first-order valence-electron chi connectivity index (χ1n) is 7.45. The Bertz CT molecular complexity index is 1000. The minimum absolute atomic E-state index is 0.0884. The molecule has 3 aromatic carbocycles. The second-order valence-electron chi connectivity index (χ2n) is 5.36. The highest BCUT2D eigenvalue weighted by Gasteiger charge is 2.14. The van der Waals surface area contributed by atoms with E-state index in [1.807, 2.05) is 0 Å². The lowest BCUT2D eigenvalue weighted by Crippen LogP contribution is -2.12. The molecule has 0 aliphatic heterocycles. The number of sulfonamides is 1. The molecule has 0 aliphatic rings. The highest BCUT2D eigenvalue weighted by Crippen LogP contribution is 2.25. The van der Waals surface area contributed by atoms with E-state index < -0.39 is 27.5 Å².